The molecule has 0 N–H and O–H groups in total. The second kappa shape index (κ2) is 3.64. The van der Waals surface area contributed by atoms with E-state index in [0.29, 0.717) is 5.56 Å². The van der Waals surface area contributed by atoms with Crippen molar-refractivity contribution in [2.45, 2.75) is 5.75 Å². The monoisotopic (exact) mass is 187 g/mol. The Labute approximate surface area is 71.3 Å². The highest BCUT2D eigenvalue weighted by atomic mass is 32.2. The van der Waals surface area contributed by atoms with Crippen molar-refractivity contribution < 1.29 is 12.6 Å². The van der Waals surface area contributed by atoms with Crippen molar-refractivity contribution in [3.05, 3.63) is 30.1 Å². The van der Waals surface area contributed by atoms with Gasteiger partial charge in [0.05, 0.1) is 7.11 Å². The third kappa shape index (κ3) is 2.60. The van der Waals surface area contributed by atoms with Gasteiger partial charge in [0, 0.05) is 12.4 Å². The number of pyridine rings is 1. The summed E-state index contributed by atoms with van der Waals surface area (Å²) in [5.41, 5.74) is 0.624. The van der Waals surface area contributed by atoms with E-state index in [0.717, 1.165) is 7.11 Å². The topological polar surface area (TPSA) is 56.3 Å². The predicted molar refractivity (Wildman–Crippen MR) is 43.9 cm³/mol. The molecule has 0 unspecified atom stereocenters. The van der Waals surface area contributed by atoms with Crippen LogP contribution in [-0.2, 0) is 20.1 Å². The molecule has 12 heavy (non-hydrogen) atoms. The zero-order chi connectivity index (χ0) is 9.03. The molecular formula is C7H9NO3S. The van der Waals surface area contributed by atoms with Gasteiger partial charge in [-0.1, -0.05) is 6.07 Å². The van der Waals surface area contributed by atoms with E-state index in [4.69, 9.17) is 0 Å². The fourth-order valence-electron chi connectivity index (χ4n) is 0.747. The first-order valence-corrected chi connectivity index (χ1v) is 4.89. The Hall–Kier alpha value is -0.940. The van der Waals surface area contributed by atoms with E-state index in [-0.39, 0.29) is 5.75 Å². The van der Waals surface area contributed by atoms with Crippen LogP contribution >= 0.6 is 0 Å². The minimum Gasteiger partial charge on any atom is -0.273 e. The Morgan fingerprint density at radius 2 is 2.33 bits per heavy atom. The molecule has 66 valence electrons. The summed E-state index contributed by atoms with van der Waals surface area (Å²) in [6, 6.07) is 3.37. The van der Waals surface area contributed by atoms with Crippen molar-refractivity contribution in [3.8, 4) is 0 Å². The molecule has 0 radical (unpaired) electrons. The molecule has 4 nitrogen and oxygen atoms in total. The van der Waals surface area contributed by atoms with E-state index < -0.39 is 10.1 Å². The maximum atomic E-state index is 10.9. The van der Waals surface area contributed by atoms with Crippen LogP contribution in [0.5, 0.6) is 0 Å². The quantitative estimate of drug-likeness (QED) is 0.649. The van der Waals surface area contributed by atoms with Crippen LogP contribution in [0.1, 0.15) is 5.56 Å². The van der Waals surface area contributed by atoms with E-state index in [1.54, 1.807) is 18.3 Å². The van der Waals surface area contributed by atoms with Gasteiger partial charge in [0.1, 0.15) is 5.75 Å². The summed E-state index contributed by atoms with van der Waals surface area (Å²) in [5, 5.41) is 0. The Morgan fingerprint density at radius 1 is 1.58 bits per heavy atom. The first-order chi connectivity index (χ1) is 5.64. The van der Waals surface area contributed by atoms with Crippen molar-refractivity contribution >= 4 is 10.1 Å². The first kappa shape index (κ1) is 9.15. The molecule has 0 aliphatic heterocycles. The molecule has 0 fully saturated rings. The highest BCUT2D eigenvalue weighted by Crippen LogP contribution is 2.03. The minimum absolute atomic E-state index is 0.128. The zero-order valence-corrected chi connectivity index (χ0v) is 7.41. The number of rotatable bonds is 3. The lowest BCUT2D eigenvalue weighted by atomic mass is 10.3. The summed E-state index contributed by atoms with van der Waals surface area (Å²) < 4.78 is 26.1. The second-order valence-electron chi connectivity index (χ2n) is 2.23. The Morgan fingerprint density at radius 3 is 2.83 bits per heavy atom. The van der Waals surface area contributed by atoms with Gasteiger partial charge in [0.2, 0.25) is 0 Å². The van der Waals surface area contributed by atoms with E-state index in [2.05, 4.69) is 9.17 Å². The lowest BCUT2D eigenvalue weighted by molar-refractivity contribution is 0.397. The van der Waals surface area contributed by atoms with E-state index in [1.165, 1.54) is 6.20 Å². The maximum Gasteiger partial charge on any atom is 0.271 e. The van der Waals surface area contributed by atoms with Gasteiger partial charge < -0.3 is 0 Å². The van der Waals surface area contributed by atoms with Gasteiger partial charge in [-0.2, -0.15) is 8.42 Å². The van der Waals surface area contributed by atoms with Gasteiger partial charge >= 0.3 is 0 Å². The van der Waals surface area contributed by atoms with Crippen molar-refractivity contribution in [1.29, 1.82) is 0 Å². The van der Waals surface area contributed by atoms with Crippen LogP contribution in [0.2, 0.25) is 0 Å². The fourth-order valence-corrected chi connectivity index (χ4v) is 1.44. The third-order valence-electron chi connectivity index (χ3n) is 1.32. The van der Waals surface area contributed by atoms with Gasteiger partial charge in [-0.3, -0.25) is 9.17 Å². The van der Waals surface area contributed by atoms with Gasteiger partial charge in [0.25, 0.3) is 10.1 Å². The van der Waals surface area contributed by atoms with Gasteiger partial charge in [-0.05, 0) is 11.6 Å². The minimum atomic E-state index is -3.41. The molecule has 0 atom stereocenters. The largest absolute Gasteiger partial charge is 0.273 e. The zero-order valence-electron chi connectivity index (χ0n) is 6.60. The Kier molecular flexibility index (Phi) is 2.78. The summed E-state index contributed by atoms with van der Waals surface area (Å²) in [7, 11) is -2.27. The van der Waals surface area contributed by atoms with Crippen LogP contribution in [0.25, 0.3) is 0 Å². The van der Waals surface area contributed by atoms with E-state index >= 15 is 0 Å². The molecule has 1 aromatic heterocycles. The summed E-state index contributed by atoms with van der Waals surface area (Å²) in [6.07, 6.45) is 3.08. The summed E-state index contributed by atoms with van der Waals surface area (Å²) >= 11 is 0. The molecule has 0 amide bonds. The molecule has 0 saturated heterocycles. The molecule has 0 aliphatic rings. The molecule has 1 rings (SSSR count). The Balaban J connectivity index is 2.78. The lowest BCUT2D eigenvalue weighted by Crippen LogP contribution is -2.05. The highest BCUT2D eigenvalue weighted by Gasteiger charge is 2.08. The molecule has 1 heterocycles. The van der Waals surface area contributed by atoms with Crippen LogP contribution < -0.4 is 0 Å². The molecule has 5 heteroatoms. The average Bonchev–Trinajstić information content (AvgIpc) is 2.06. The van der Waals surface area contributed by atoms with Crippen molar-refractivity contribution in [3.63, 3.8) is 0 Å². The fraction of sp³-hybridized carbons (Fsp3) is 0.286. The number of nitrogens with zero attached hydrogens (tertiary/aromatic N) is 1. The van der Waals surface area contributed by atoms with Crippen molar-refractivity contribution in [2.24, 2.45) is 0 Å². The van der Waals surface area contributed by atoms with Crippen LogP contribution in [0.3, 0.4) is 0 Å². The summed E-state index contributed by atoms with van der Waals surface area (Å²) in [6.45, 7) is 0. The van der Waals surface area contributed by atoms with Gasteiger partial charge in [0.15, 0.2) is 0 Å². The van der Waals surface area contributed by atoms with Crippen LogP contribution in [-0.4, -0.2) is 20.5 Å². The Bertz CT molecular complexity index is 333. The maximum absolute atomic E-state index is 10.9. The average molecular weight is 187 g/mol. The van der Waals surface area contributed by atoms with Crippen LogP contribution in [0.4, 0.5) is 0 Å². The number of hydrogen-bond donors (Lipinski definition) is 0. The van der Waals surface area contributed by atoms with Gasteiger partial charge in [-0.25, -0.2) is 0 Å². The number of aromatic nitrogens is 1. The molecule has 0 bridgehead atoms. The predicted octanol–water partition coefficient (Wildman–Crippen LogP) is 0.558. The molecule has 0 aromatic carbocycles. The van der Waals surface area contributed by atoms with Crippen LogP contribution in [0.15, 0.2) is 24.5 Å². The molecule has 0 spiro atoms. The standard InChI is InChI=1S/C7H9NO3S/c1-11-12(9,10)6-7-3-2-4-8-5-7/h2-5H,6H2,1H3. The van der Waals surface area contributed by atoms with Crippen molar-refractivity contribution in [2.75, 3.05) is 7.11 Å². The SMILES string of the molecule is COS(=O)(=O)Cc1cccnc1. The summed E-state index contributed by atoms with van der Waals surface area (Å²) in [5.74, 6) is -0.128. The van der Waals surface area contributed by atoms with Gasteiger partial charge in [-0.15, -0.1) is 0 Å². The second-order valence-corrected chi connectivity index (χ2v) is 3.97. The lowest BCUT2D eigenvalue weighted by Gasteiger charge is -1.99. The normalized spacial score (nSPS) is 11.4. The summed E-state index contributed by atoms with van der Waals surface area (Å²) in [4.78, 5) is 3.78. The molecule has 1 aromatic rings. The molecule has 0 aliphatic carbocycles. The molecular weight excluding hydrogens is 178 g/mol. The number of hydrogen-bond acceptors (Lipinski definition) is 4. The first-order valence-electron chi connectivity index (χ1n) is 3.31. The van der Waals surface area contributed by atoms with Crippen LogP contribution in [0, 0.1) is 0 Å². The third-order valence-corrected chi connectivity index (χ3v) is 2.51. The highest BCUT2D eigenvalue weighted by molar-refractivity contribution is 7.85. The van der Waals surface area contributed by atoms with E-state index in [1.807, 2.05) is 0 Å². The smallest absolute Gasteiger partial charge is 0.271 e. The van der Waals surface area contributed by atoms with E-state index in [9.17, 15) is 8.42 Å². The molecule has 0 saturated carbocycles. The van der Waals surface area contributed by atoms with Crippen molar-refractivity contribution in [1.82, 2.24) is 4.98 Å².